The lowest BCUT2D eigenvalue weighted by Gasteiger charge is -2.04. The van der Waals surface area contributed by atoms with Crippen molar-refractivity contribution in [1.29, 1.82) is 0 Å². The molecule has 0 aromatic heterocycles. The van der Waals surface area contributed by atoms with Crippen LogP contribution < -0.4 is 10.9 Å². The van der Waals surface area contributed by atoms with Crippen molar-refractivity contribution in [2.45, 2.75) is 11.3 Å². The van der Waals surface area contributed by atoms with E-state index in [1.807, 2.05) is 0 Å². The lowest BCUT2D eigenvalue weighted by atomic mass is 10.1. The molecule has 0 fully saturated rings. The second-order valence-electron chi connectivity index (χ2n) is 2.79. The average Bonchev–Trinajstić information content (AvgIpc) is 2.14. The van der Waals surface area contributed by atoms with E-state index in [4.69, 9.17) is 10.9 Å². The monoisotopic (exact) mass is 212 g/mol. The van der Waals surface area contributed by atoms with Gasteiger partial charge in [0.2, 0.25) is 10.0 Å². The molecule has 0 aliphatic heterocycles. The minimum absolute atomic E-state index is 0.151. The molecule has 76 valence electrons. The summed E-state index contributed by atoms with van der Waals surface area (Å²) in [4.78, 5) is 0.151. The van der Waals surface area contributed by atoms with Crippen molar-refractivity contribution in [2.75, 3.05) is 0 Å². The number of rotatable bonds is 3. The molecule has 1 aromatic rings. The van der Waals surface area contributed by atoms with Crippen LogP contribution in [0.3, 0.4) is 0 Å². The minimum atomic E-state index is -3.64. The van der Waals surface area contributed by atoms with Crippen LogP contribution in [0.5, 0.6) is 0 Å². The fourth-order valence-corrected chi connectivity index (χ4v) is 1.93. The molecule has 14 heavy (non-hydrogen) atoms. The summed E-state index contributed by atoms with van der Waals surface area (Å²) < 4.78 is 22.3. The summed E-state index contributed by atoms with van der Waals surface area (Å²) in [6.45, 7) is 0. The van der Waals surface area contributed by atoms with Gasteiger partial charge in [-0.25, -0.2) is 13.6 Å². The maximum absolute atomic E-state index is 11.1. The summed E-state index contributed by atoms with van der Waals surface area (Å²) in [7, 11) is -3.64. The Balaban J connectivity index is 3.16. The third-order valence-corrected chi connectivity index (χ3v) is 2.76. The Kier molecular flexibility index (Phi) is 3.27. The Labute approximate surface area is 83.3 Å². The highest BCUT2D eigenvalue weighted by molar-refractivity contribution is 7.89. The maximum atomic E-state index is 11.1. The largest absolute Gasteiger partial charge is 0.405 e. The molecule has 0 atom stereocenters. The molecule has 0 heterocycles. The first-order valence-electron chi connectivity index (χ1n) is 4.03. The quantitative estimate of drug-likeness (QED) is 0.758. The van der Waals surface area contributed by atoms with Crippen LogP contribution in [0.15, 0.2) is 41.4 Å². The van der Waals surface area contributed by atoms with Crippen LogP contribution in [0.25, 0.3) is 0 Å². The Morgan fingerprint density at radius 2 is 1.93 bits per heavy atom. The number of primary sulfonamides is 1. The molecule has 4 N–H and O–H groups in total. The van der Waals surface area contributed by atoms with Gasteiger partial charge in [0.25, 0.3) is 0 Å². The minimum Gasteiger partial charge on any atom is -0.405 e. The fraction of sp³-hybridized carbons (Fsp3) is 0.111. The summed E-state index contributed by atoms with van der Waals surface area (Å²) in [5.74, 6) is 0. The SMILES string of the molecule is NC=CCc1ccccc1S(N)(=O)=O. The number of hydrogen-bond donors (Lipinski definition) is 2. The Bertz CT molecular complexity index is 438. The Morgan fingerprint density at radius 1 is 1.29 bits per heavy atom. The number of allylic oxidation sites excluding steroid dienone is 1. The molecule has 0 aliphatic carbocycles. The van der Waals surface area contributed by atoms with Crippen LogP contribution >= 0.6 is 0 Å². The molecule has 0 radical (unpaired) electrons. The topological polar surface area (TPSA) is 86.2 Å². The highest BCUT2D eigenvalue weighted by Gasteiger charge is 2.11. The number of sulfonamides is 1. The van der Waals surface area contributed by atoms with Gasteiger partial charge in [-0.3, -0.25) is 0 Å². The van der Waals surface area contributed by atoms with E-state index >= 15 is 0 Å². The first kappa shape index (κ1) is 10.7. The molecule has 0 saturated carbocycles. The van der Waals surface area contributed by atoms with E-state index in [9.17, 15) is 8.42 Å². The van der Waals surface area contributed by atoms with Crippen LogP contribution in [0.4, 0.5) is 0 Å². The molecule has 4 nitrogen and oxygen atoms in total. The smallest absolute Gasteiger partial charge is 0.238 e. The van der Waals surface area contributed by atoms with E-state index in [1.165, 1.54) is 12.3 Å². The molecular formula is C9H12N2O2S. The summed E-state index contributed by atoms with van der Waals surface area (Å²) in [6, 6.07) is 6.58. The van der Waals surface area contributed by atoms with Crippen LogP contribution in [0.2, 0.25) is 0 Å². The number of benzene rings is 1. The molecule has 5 heteroatoms. The van der Waals surface area contributed by atoms with Crippen molar-refractivity contribution in [3.63, 3.8) is 0 Å². The van der Waals surface area contributed by atoms with E-state index in [2.05, 4.69) is 0 Å². The third-order valence-electron chi connectivity index (χ3n) is 1.75. The van der Waals surface area contributed by atoms with Gasteiger partial charge in [0, 0.05) is 0 Å². The van der Waals surface area contributed by atoms with Crippen LogP contribution in [-0.2, 0) is 16.4 Å². The first-order chi connectivity index (χ1) is 6.55. The molecule has 0 unspecified atom stereocenters. The third kappa shape index (κ3) is 2.58. The molecule has 0 saturated heterocycles. The van der Waals surface area contributed by atoms with Crippen molar-refractivity contribution in [1.82, 2.24) is 0 Å². The highest BCUT2D eigenvalue weighted by atomic mass is 32.2. The molecule has 0 spiro atoms. The lowest BCUT2D eigenvalue weighted by molar-refractivity contribution is 0.597. The van der Waals surface area contributed by atoms with Gasteiger partial charge in [-0.05, 0) is 24.3 Å². The van der Waals surface area contributed by atoms with E-state index in [1.54, 1.807) is 24.3 Å². The van der Waals surface area contributed by atoms with Gasteiger partial charge in [-0.2, -0.15) is 0 Å². The second-order valence-corrected chi connectivity index (χ2v) is 4.31. The normalized spacial score (nSPS) is 12.1. The van der Waals surface area contributed by atoms with Gasteiger partial charge >= 0.3 is 0 Å². The van der Waals surface area contributed by atoms with E-state index < -0.39 is 10.0 Å². The summed E-state index contributed by atoms with van der Waals surface area (Å²) >= 11 is 0. The molecule has 0 bridgehead atoms. The van der Waals surface area contributed by atoms with Gasteiger partial charge in [-0.15, -0.1) is 0 Å². The zero-order valence-corrected chi connectivity index (χ0v) is 8.37. The van der Waals surface area contributed by atoms with Crippen molar-refractivity contribution in [3.05, 3.63) is 42.1 Å². The summed E-state index contributed by atoms with van der Waals surface area (Å²) in [6.07, 6.45) is 3.51. The van der Waals surface area contributed by atoms with Crippen molar-refractivity contribution in [2.24, 2.45) is 10.9 Å². The standard InChI is InChI=1S/C9H12N2O2S/c10-7-3-5-8-4-1-2-6-9(8)14(11,12)13/h1-4,6-7H,5,10H2,(H2,11,12,13). The van der Waals surface area contributed by atoms with E-state index in [0.29, 0.717) is 12.0 Å². The predicted molar refractivity (Wildman–Crippen MR) is 54.8 cm³/mol. The first-order valence-corrected chi connectivity index (χ1v) is 5.58. The lowest BCUT2D eigenvalue weighted by Crippen LogP contribution is -2.14. The average molecular weight is 212 g/mol. The molecule has 0 aliphatic rings. The van der Waals surface area contributed by atoms with Crippen molar-refractivity contribution >= 4 is 10.0 Å². The Morgan fingerprint density at radius 3 is 2.50 bits per heavy atom. The second kappa shape index (κ2) is 4.26. The van der Waals surface area contributed by atoms with Gasteiger partial charge in [0.15, 0.2) is 0 Å². The maximum Gasteiger partial charge on any atom is 0.238 e. The van der Waals surface area contributed by atoms with Crippen LogP contribution in [0.1, 0.15) is 5.56 Å². The van der Waals surface area contributed by atoms with Gasteiger partial charge < -0.3 is 5.73 Å². The predicted octanol–water partition coefficient (Wildman–Crippen LogP) is 0.349. The fourth-order valence-electron chi connectivity index (χ4n) is 1.15. The zero-order valence-electron chi connectivity index (χ0n) is 7.55. The number of nitrogens with two attached hydrogens (primary N) is 2. The molecular weight excluding hydrogens is 200 g/mol. The van der Waals surface area contributed by atoms with Gasteiger partial charge in [0.1, 0.15) is 0 Å². The Hall–Kier alpha value is -1.33. The molecule has 1 rings (SSSR count). The van der Waals surface area contributed by atoms with Crippen LogP contribution in [0, 0.1) is 0 Å². The van der Waals surface area contributed by atoms with Gasteiger partial charge in [0.05, 0.1) is 4.90 Å². The summed E-state index contributed by atoms with van der Waals surface area (Å²) in [5, 5.41) is 5.05. The van der Waals surface area contributed by atoms with Crippen molar-refractivity contribution < 1.29 is 8.42 Å². The van der Waals surface area contributed by atoms with Crippen molar-refractivity contribution in [3.8, 4) is 0 Å². The number of hydrogen-bond acceptors (Lipinski definition) is 3. The molecule has 0 amide bonds. The van der Waals surface area contributed by atoms with Gasteiger partial charge in [-0.1, -0.05) is 24.3 Å². The van der Waals surface area contributed by atoms with Crippen LogP contribution in [-0.4, -0.2) is 8.42 Å². The summed E-state index contributed by atoms with van der Waals surface area (Å²) in [5.41, 5.74) is 5.82. The van der Waals surface area contributed by atoms with E-state index in [0.717, 1.165) is 0 Å². The van der Waals surface area contributed by atoms with E-state index in [-0.39, 0.29) is 4.90 Å². The highest BCUT2D eigenvalue weighted by Crippen LogP contribution is 2.14. The molecule has 1 aromatic carbocycles. The zero-order chi connectivity index (χ0) is 10.6.